The fourth-order valence-corrected chi connectivity index (χ4v) is 2.08. The number of nitrogens with one attached hydrogen (secondary N) is 1. The third-order valence-corrected chi connectivity index (χ3v) is 4.27. The van der Waals surface area contributed by atoms with Gasteiger partial charge in [-0.1, -0.05) is 18.5 Å². The van der Waals surface area contributed by atoms with E-state index in [1.165, 1.54) is 12.3 Å². The number of anilines is 1. The van der Waals surface area contributed by atoms with Gasteiger partial charge in [0.1, 0.15) is 5.82 Å². The summed E-state index contributed by atoms with van der Waals surface area (Å²) in [6, 6.07) is 1.34. The first-order valence-corrected chi connectivity index (χ1v) is 7.45. The van der Waals surface area contributed by atoms with E-state index in [1.54, 1.807) is 6.92 Å². The maximum Gasteiger partial charge on any atom is 0.253 e. The molecule has 1 aromatic rings. The number of hydrogen-bond donors (Lipinski definition) is 2. The fourth-order valence-electron chi connectivity index (χ4n) is 1.19. The van der Waals surface area contributed by atoms with Gasteiger partial charge >= 0.3 is 0 Å². The maximum atomic E-state index is 11.7. The van der Waals surface area contributed by atoms with Crippen LogP contribution in [0.1, 0.15) is 17.3 Å². The van der Waals surface area contributed by atoms with Crippen molar-refractivity contribution in [3.8, 4) is 0 Å². The lowest BCUT2D eigenvalue weighted by atomic mass is 10.2. The van der Waals surface area contributed by atoms with Crippen LogP contribution in [0.15, 0.2) is 12.3 Å². The number of halogens is 1. The topological polar surface area (TPSA) is 102 Å². The highest BCUT2D eigenvalue weighted by molar-refractivity contribution is 7.91. The van der Waals surface area contributed by atoms with E-state index in [1.807, 2.05) is 0 Å². The monoisotopic (exact) mass is 291 g/mol. The lowest BCUT2D eigenvalue weighted by molar-refractivity contribution is 0.0956. The Morgan fingerprint density at radius 3 is 2.83 bits per heavy atom. The summed E-state index contributed by atoms with van der Waals surface area (Å²) in [5, 5.41) is 2.64. The van der Waals surface area contributed by atoms with Crippen molar-refractivity contribution in [2.24, 2.45) is 0 Å². The van der Waals surface area contributed by atoms with E-state index in [9.17, 15) is 13.2 Å². The Labute approximate surface area is 110 Å². The van der Waals surface area contributed by atoms with E-state index in [-0.39, 0.29) is 34.5 Å². The summed E-state index contributed by atoms with van der Waals surface area (Å²) >= 11 is 5.79. The van der Waals surface area contributed by atoms with E-state index in [2.05, 4.69) is 10.3 Å². The third kappa shape index (κ3) is 4.15. The predicted octanol–water partition coefficient (Wildman–Crippen LogP) is 0.482. The second kappa shape index (κ2) is 6.01. The Balaban J connectivity index is 2.64. The number of nitrogens with two attached hydrogens (primary N) is 1. The highest BCUT2D eigenvalue weighted by Crippen LogP contribution is 2.16. The molecule has 8 heteroatoms. The molecule has 0 saturated heterocycles. The van der Waals surface area contributed by atoms with Gasteiger partial charge in [-0.05, 0) is 6.07 Å². The van der Waals surface area contributed by atoms with Crippen LogP contribution in [0.4, 0.5) is 5.82 Å². The molecule has 6 nitrogen and oxygen atoms in total. The number of nitrogen functional groups attached to an aromatic ring is 1. The second-order valence-corrected chi connectivity index (χ2v) is 6.46. The Kier molecular flexibility index (Phi) is 4.92. The van der Waals surface area contributed by atoms with Crippen molar-refractivity contribution < 1.29 is 13.2 Å². The van der Waals surface area contributed by atoms with Crippen molar-refractivity contribution in [2.45, 2.75) is 6.92 Å². The number of carbonyl (C=O) groups is 1. The number of pyridine rings is 1. The van der Waals surface area contributed by atoms with Crippen molar-refractivity contribution in [3.63, 3.8) is 0 Å². The number of aromatic nitrogens is 1. The minimum Gasteiger partial charge on any atom is -0.384 e. The molecule has 0 unspecified atom stereocenters. The summed E-state index contributed by atoms with van der Waals surface area (Å²) < 4.78 is 22.5. The van der Waals surface area contributed by atoms with Crippen molar-refractivity contribution >= 4 is 33.2 Å². The molecule has 1 heterocycles. The third-order valence-electron chi connectivity index (χ3n) is 2.26. The van der Waals surface area contributed by atoms with Gasteiger partial charge in [-0.15, -0.1) is 0 Å². The average Bonchev–Trinajstić information content (AvgIpc) is 2.32. The molecule has 1 amide bonds. The largest absolute Gasteiger partial charge is 0.384 e. The molecule has 0 fully saturated rings. The highest BCUT2D eigenvalue weighted by atomic mass is 35.5. The molecule has 0 bridgehead atoms. The number of amides is 1. The Morgan fingerprint density at radius 1 is 1.56 bits per heavy atom. The number of sulfone groups is 1. The van der Waals surface area contributed by atoms with Gasteiger partial charge in [0.25, 0.3) is 5.91 Å². The molecule has 100 valence electrons. The average molecular weight is 292 g/mol. The molecule has 1 aromatic heterocycles. The zero-order valence-electron chi connectivity index (χ0n) is 9.81. The molecule has 0 aliphatic carbocycles. The van der Waals surface area contributed by atoms with Gasteiger partial charge in [-0.3, -0.25) is 4.79 Å². The molecule has 0 radical (unpaired) electrons. The molecule has 18 heavy (non-hydrogen) atoms. The van der Waals surface area contributed by atoms with E-state index in [0.717, 1.165) is 0 Å². The van der Waals surface area contributed by atoms with Gasteiger partial charge in [0, 0.05) is 18.5 Å². The first-order chi connectivity index (χ1) is 8.35. The minimum absolute atomic E-state index is 0.0353. The molecule has 0 saturated carbocycles. The predicted molar refractivity (Wildman–Crippen MR) is 70.3 cm³/mol. The van der Waals surface area contributed by atoms with E-state index in [0.29, 0.717) is 0 Å². The molecule has 3 N–H and O–H groups in total. The van der Waals surface area contributed by atoms with E-state index >= 15 is 0 Å². The van der Waals surface area contributed by atoms with Crippen LogP contribution in [0, 0.1) is 0 Å². The fraction of sp³-hybridized carbons (Fsp3) is 0.400. The summed E-state index contributed by atoms with van der Waals surface area (Å²) in [7, 11) is -3.10. The number of rotatable bonds is 5. The molecule has 0 aliphatic rings. The van der Waals surface area contributed by atoms with E-state index < -0.39 is 15.7 Å². The Morgan fingerprint density at radius 2 is 2.22 bits per heavy atom. The van der Waals surface area contributed by atoms with Crippen LogP contribution in [-0.2, 0) is 9.84 Å². The lowest BCUT2D eigenvalue weighted by Gasteiger charge is -2.07. The van der Waals surface area contributed by atoms with Crippen molar-refractivity contribution in [1.82, 2.24) is 10.3 Å². The zero-order chi connectivity index (χ0) is 13.8. The Hall–Kier alpha value is -1.34. The second-order valence-electron chi connectivity index (χ2n) is 3.58. The lowest BCUT2D eigenvalue weighted by Crippen LogP contribution is -2.29. The normalized spacial score (nSPS) is 11.2. The van der Waals surface area contributed by atoms with Crippen LogP contribution < -0.4 is 11.1 Å². The van der Waals surface area contributed by atoms with Crippen LogP contribution >= 0.6 is 11.6 Å². The first kappa shape index (κ1) is 14.7. The summed E-state index contributed by atoms with van der Waals surface area (Å²) in [5.41, 5.74) is 5.62. The zero-order valence-corrected chi connectivity index (χ0v) is 11.4. The molecule has 0 aromatic carbocycles. The summed E-state index contributed by atoms with van der Waals surface area (Å²) in [4.78, 5) is 15.4. The van der Waals surface area contributed by atoms with Crippen LogP contribution in [0.5, 0.6) is 0 Å². The van der Waals surface area contributed by atoms with Gasteiger partial charge in [-0.2, -0.15) is 0 Å². The molecule has 1 rings (SSSR count). The number of hydrogen-bond acceptors (Lipinski definition) is 5. The summed E-state index contributed by atoms with van der Waals surface area (Å²) in [5.74, 6) is -0.356. The molecular formula is C10H14ClN3O3S. The molecule has 0 atom stereocenters. The molecular weight excluding hydrogens is 278 g/mol. The van der Waals surface area contributed by atoms with Gasteiger partial charge in [0.05, 0.1) is 16.3 Å². The van der Waals surface area contributed by atoms with Crippen LogP contribution in [0.25, 0.3) is 0 Å². The SMILES string of the molecule is CCS(=O)(=O)CCNC(=O)c1cc(N)ncc1Cl. The van der Waals surface area contributed by atoms with Crippen molar-refractivity contribution in [2.75, 3.05) is 23.8 Å². The maximum absolute atomic E-state index is 11.7. The van der Waals surface area contributed by atoms with Gasteiger partial charge < -0.3 is 11.1 Å². The highest BCUT2D eigenvalue weighted by Gasteiger charge is 2.13. The molecule has 0 aliphatic heterocycles. The van der Waals surface area contributed by atoms with Crippen LogP contribution in [0.3, 0.4) is 0 Å². The van der Waals surface area contributed by atoms with Crippen LogP contribution in [-0.4, -0.2) is 37.4 Å². The number of nitrogens with zero attached hydrogens (tertiary/aromatic N) is 1. The minimum atomic E-state index is -3.10. The number of carbonyl (C=O) groups excluding carboxylic acids is 1. The molecule has 0 spiro atoms. The quantitative estimate of drug-likeness (QED) is 0.821. The standard InChI is InChI=1S/C10H14ClN3O3S/c1-2-18(16,17)4-3-13-10(15)7-5-9(12)14-6-8(7)11/h5-6H,2-4H2,1H3,(H2,12,14)(H,13,15). The summed E-state index contributed by atoms with van der Waals surface area (Å²) in [6.07, 6.45) is 1.27. The smallest absolute Gasteiger partial charge is 0.253 e. The van der Waals surface area contributed by atoms with Gasteiger partial charge in [-0.25, -0.2) is 13.4 Å². The van der Waals surface area contributed by atoms with E-state index in [4.69, 9.17) is 17.3 Å². The summed E-state index contributed by atoms with van der Waals surface area (Å²) in [6.45, 7) is 1.59. The van der Waals surface area contributed by atoms with Gasteiger partial charge in [0.15, 0.2) is 9.84 Å². The van der Waals surface area contributed by atoms with Crippen LogP contribution in [0.2, 0.25) is 5.02 Å². The Bertz CT molecular complexity index is 545. The first-order valence-electron chi connectivity index (χ1n) is 5.25. The van der Waals surface area contributed by atoms with Crippen molar-refractivity contribution in [3.05, 3.63) is 22.8 Å². The van der Waals surface area contributed by atoms with Gasteiger partial charge in [0.2, 0.25) is 0 Å². The van der Waals surface area contributed by atoms with Crippen molar-refractivity contribution in [1.29, 1.82) is 0 Å².